The Hall–Kier alpha value is -2.69. The van der Waals surface area contributed by atoms with Crippen molar-refractivity contribution in [1.29, 1.82) is 0 Å². The highest BCUT2D eigenvalue weighted by molar-refractivity contribution is 8.00. The van der Waals surface area contributed by atoms with Gasteiger partial charge in [-0.3, -0.25) is 23.7 Å². The van der Waals surface area contributed by atoms with Crippen molar-refractivity contribution in [2.75, 3.05) is 11.5 Å². The quantitative estimate of drug-likeness (QED) is 0.406. The van der Waals surface area contributed by atoms with Crippen molar-refractivity contribution < 1.29 is 19.1 Å². The number of fused-ring (bicyclic) bond motifs is 2. The summed E-state index contributed by atoms with van der Waals surface area (Å²) >= 11 is 3.73. The number of thioether (sulfide) groups is 1. The molecule has 1 aromatic carbocycles. The molecule has 3 atom stereocenters. The lowest BCUT2D eigenvalue weighted by atomic mass is 9.87. The van der Waals surface area contributed by atoms with Crippen molar-refractivity contribution in [1.82, 2.24) is 4.57 Å². The molecule has 2 aliphatic rings. The molecule has 0 aliphatic carbocycles. The fourth-order valence-electron chi connectivity index (χ4n) is 4.20. The van der Waals surface area contributed by atoms with Gasteiger partial charge in [-0.05, 0) is 30.5 Å². The van der Waals surface area contributed by atoms with E-state index in [1.165, 1.54) is 32.6 Å². The number of para-hydroxylation sites is 1. The number of carbonyl (C=O) groups is 3. The van der Waals surface area contributed by atoms with E-state index in [1.807, 2.05) is 23.6 Å². The Kier molecular flexibility index (Phi) is 5.52. The number of aromatic nitrogens is 1. The highest BCUT2D eigenvalue weighted by Gasteiger charge is 2.57. The minimum Gasteiger partial charge on any atom is -0.465 e. The summed E-state index contributed by atoms with van der Waals surface area (Å²) < 4.78 is 6.41. The molecule has 0 saturated carbocycles. The third-order valence-corrected chi connectivity index (χ3v) is 9.07. The van der Waals surface area contributed by atoms with E-state index >= 15 is 0 Å². The third kappa shape index (κ3) is 3.33. The fraction of sp³-hybridized carbons (Fsp3) is 0.273. The van der Waals surface area contributed by atoms with Crippen LogP contribution in [0.5, 0.6) is 0 Å². The van der Waals surface area contributed by atoms with Gasteiger partial charge in [0.1, 0.15) is 11.8 Å². The van der Waals surface area contributed by atoms with E-state index in [4.69, 9.17) is 4.74 Å². The fourth-order valence-corrected chi connectivity index (χ4v) is 7.92. The minimum atomic E-state index is -0.676. The van der Waals surface area contributed by atoms with E-state index < -0.39 is 23.1 Å². The van der Waals surface area contributed by atoms with E-state index in [-0.39, 0.29) is 29.8 Å². The number of carbonyl (C=O) groups excluding carboxylic acids is 3. The molecule has 0 bridgehead atoms. The predicted octanol–water partition coefficient (Wildman–Crippen LogP) is 3.33. The largest absolute Gasteiger partial charge is 0.465 e. The number of thiazole rings is 1. The van der Waals surface area contributed by atoms with Crippen LogP contribution in [0.25, 0.3) is 0 Å². The molecular formula is C22H18N2O5S3. The first-order chi connectivity index (χ1) is 15.5. The molecule has 0 spiro atoms. The van der Waals surface area contributed by atoms with Crippen LogP contribution in [0.1, 0.15) is 22.6 Å². The van der Waals surface area contributed by atoms with E-state index in [0.717, 1.165) is 21.1 Å². The molecular weight excluding hydrogens is 468 g/mol. The van der Waals surface area contributed by atoms with Crippen molar-refractivity contribution in [3.63, 3.8) is 0 Å². The molecule has 0 N–H and O–H groups in total. The van der Waals surface area contributed by atoms with Gasteiger partial charge in [0, 0.05) is 15.7 Å². The molecule has 3 aromatic rings. The maximum Gasteiger partial charge on any atom is 0.326 e. The molecule has 1 saturated heterocycles. The van der Waals surface area contributed by atoms with Crippen LogP contribution in [0, 0.1) is 5.92 Å². The van der Waals surface area contributed by atoms with Gasteiger partial charge in [-0.25, -0.2) is 4.90 Å². The zero-order chi connectivity index (χ0) is 22.4. The molecule has 164 valence electrons. The number of benzene rings is 1. The van der Waals surface area contributed by atoms with Crippen LogP contribution >= 0.6 is 34.4 Å². The maximum atomic E-state index is 13.6. The molecule has 7 nitrogen and oxygen atoms in total. The second-order valence-electron chi connectivity index (χ2n) is 7.33. The zero-order valence-electron chi connectivity index (χ0n) is 16.9. The van der Waals surface area contributed by atoms with Gasteiger partial charge in [-0.15, -0.1) is 11.3 Å². The highest BCUT2D eigenvalue weighted by Crippen LogP contribution is 2.54. The number of nitrogens with zero attached hydrogens (tertiary/aromatic N) is 2. The Morgan fingerprint density at radius 1 is 1.06 bits per heavy atom. The van der Waals surface area contributed by atoms with E-state index in [2.05, 4.69) is 0 Å². The number of imide groups is 1. The van der Waals surface area contributed by atoms with Gasteiger partial charge in [-0.1, -0.05) is 47.4 Å². The topological polar surface area (TPSA) is 85.7 Å². The minimum absolute atomic E-state index is 0.217. The molecule has 32 heavy (non-hydrogen) atoms. The molecule has 0 unspecified atom stereocenters. The second-order valence-corrected chi connectivity index (χ2v) is 10.4. The summed E-state index contributed by atoms with van der Waals surface area (Å²) in [4.78, 5) is 54.5. The van der Waals surface area contributed by atoms with Crippen LogP contribution < -0.4 is 9.77 Å². The lowest BCUT2D eigenvalue weighted by Crippen LogP contribution is -2.32. The van der Waals surface area contributed by atoms with Crippen molar-refractivity contribution in [3.05, 3.63) is 67.3 Å². The van der Waals surface area contributed by atoms with Crippen LogP contribution in [0.4, 0.5) is 5.69 Å². The molecule has 2 aliphatic heterocycles. The second kappa shape index (κ2) is 8.34. The molecule has 5 rings (SSSR count). The molecule has 2 aromatic heterocycles. The van der Waals surface area contributed by atoms with Crippen LogP contribution in [0.2, 0.25) is 0 Å². The summed E-state index contributed by atoms with van der Waals surface area (Å²) in [5.41, 5.74) is 0.537. The molecule has 1 fully saturated rings. The van der Waals surface area contributed by atoms with Gasteiger partial charge in [0.05, 0.1) is 23.2 Å². The molecule has 0 radical (unpaired) electrons. The molecule has 10 heteroatoms. The van der Waals surface area contributed by atoms with Crippen LogP contribution in [0.3, 0.4) is 0 Å². The number of thiophene rings is 1. The molecule has 2 amide bonds. The van der Waals surface area contributed by atoms with Crippen molar-refractivity contribution in [2.24, 2.45) is 5.92 Å². The van der Waals surface area contributed by atoms with Crippen LogP contribution in [-0.4, -0.2) is 34.2 Å². The number of esters is 1. The number of hydrogen-bond donors (Lipinski definition) is 0. The number of hydrogen-bond acceptors (Lipinski definition) is 8. The number of rotatable bonds is 5. The predicted molar refractivity (Wildman–Crippen MR) is 123 cm³/mol. The van der Waals surface area contributed by atoms with Crippen LogP contribution in [0.15, 0.2) is 57.7 Å². The number of ether oxygens (including phenoxy) is 1. The van der Waals surface area contributed by atoms with Crippen molar-refractivity contribution in [2.45, 2.75) is 29.7 Å². The SMILES string of the molecule is CCOC(=O)Cn1c2c(sc1=O)[C@@H](c1cccs1)[C@@H]1C(=O)N(c3ccccc3)C(=O)[C@@H]1S2. The standard InChI is InChI=1S/C22H18N2O5S3/c1-2-29-14(25)11-23-21-18(32-22(23)28)15(13-9-6-10-30-13)16-17(31-21)20(27)24(19(16)26)12-7-4-3-5-8-12/h3-10,15-17H,2,11H2,1H3/t15-,16-,17+/m0/s1. The van der Waals surface area contributed by atoms with Gasteiger partial charge >= 0.3 is 10.8 Å². The summed E-state index contributed by atoms with van der Waals surface area (Å²) in [7, 11) is 0. The monoisotopic (exact) mass is 486 g/mol. The first kappa shape index (κ1) is 21.2. The Labute approximate surface area is 195 Å². The van der Waals surface area contributed by atoms with Gasteiger partial charge in [-0.2, -0.15) is 0 Å². The van der Waals surface area contributed by atoms with E-state index in [9.17, 15) is 19.2 Å². The summed E-state index contributed by atoms with van der Waals surface area (Å²) in [6.07, 6.45) is 0. The van der Waals surface area contributed by atoms with Gasteiger partial charge < -0.3 is 4.74 Å². The van der Waals surface area contributed by atoms with E-state index in [1.54, 1.807) is 31.2 Å². The Bertz CT molecular complexity index is 1250. The normalized spacial score (nSPS) is 22.0. The Balaban J connectivity index is 1.63. The highest BCUT2D eigenvalue weighted by atomic mass is 32.2. The van der Waals surface area contributed by atoms with Crippen LogP contribution in [-0.2, 0) is 25.7 Å². The Morgan fingerprint density at radius 3 is 2.53 bits per heavy atom. The first-order valence-electron chi connectivity index (χ1n) is 10.0. The van der Waals surface area contributed by atoms with Crippen molar-refractivity contribution in [3.8, 4) is 0 Å². The number of amides is 2. The smallest absolute Gasteiger partial charge is 0.326 e. The average Bonchev–Trinajstić information content (AvgIpc) is 3.47. The summed E-state index contributed by atoms with van der Waals surface area (Å²) in [5.74, 6) is -2.11. The lowest BCUT2D eigenvalue weighted by Gasteiger charge is -2.29. The summed E-state index contributed by atoms with van der Waals surface area (Å²) in [6.45, 7) is 1.70. The average molecular weight is 487 g/mol. The molecule has 4 heterocycles. The first-order valence-corrected chi connectivity index (χ1v) is 12.6. The summed E-state index contributed by atoms with van der Waals surface area (Å²) in [6, 6.07) is 12.7. The number of anilines is 1. The van der Waals surface area contributed by atoms with Gasteiger partial charge in [0.25, 0.3) is 0 Å². The van der Waals surface area contributed by atoms with Gasteiger partial charge in [0.2, 0.25) is 11.8 Å². The zero-order valence-corrected chi connectivity index (χ0v) is 19.4. The van der Waals surface area contributed by atoms with Gasteiger partial charge in [0.15, 0.2) is 0 Å². The summed E-state index contributed by atoms with van der Waals surface area (Å²) in [5, 5.41) is 1.81. The maximum absolute atomic E-state index is 13.6. The lowest BCUT2D eigenvalue weighted by molar-refractivity contribution is -0.144. The van der Waals surface area contributed by atoms with Crippen molar-refractivity contribution >= 4 is 57.9 Å². The van der Waals surface area contributed by atoms with E-state index in [0.29, 0.717) is 10.7 Å². The Morgan fingerprint density at radius 2 is 1.84 bits per heavy atom. The third-order valence-electron chi connectivity index (χ3n) is 5.51.